The minimum atomic E-state index is -0.354. The van der Waals surface area contributed by atoms with Gasteiger partial charge in [0.25, 0.3) is 0 Å². The van der Waals surface area contributed by atoms with Crippen molar-refractivity contribution >= 4 is 17.5 Å². The highest BCUT2D eigenvalue weighted by molar-refractivity contribution is 5.99. The molecule has 2 aromatic carbocycles. The lowest BCUT2D eigenvalue weighted by atomic mass is 9.99. The maximum atomic E-state index is 13.1. The summed E-state index contributed by atoms with van der Waals surface area (Å²) in [5.74, 6) is 2.13. The highest BCUT2D eigenvalue weighted by Crippen LogP contribution is 2.28. The third-order valence-corrected chi connectivity index (χ3v) is 7.28. The standard InChI is InChI=1S/C32H34N8O2/c1-21(2)29-17-31(40(37-29)26-8-5-22-12-14-38(3)19-23(22)15-26)36-32(41)35-25-6-9-27(10-7-25)42-28-11-13-33-30(16-28)24-18-34-39(4)20-24/h5-11,13,15-18,20-21H,12,14,19H2,1-4H3,(H2,35,36,41). The number of aryl methyl sites for hydroxylation is 1. The number of rotatable bonds is 7. The molecule has 3 aromatic heterocycles. The first kappa shape index (κ1) is 27.2. The number of carbonyl (C=O) groups excluding carboxylic acids is 1. The molecule has 6 rings (SSSR count). The van der Waals surface area contributed by atoms with Crippen LogP contribution < -0.4 is 15.4 Å². The number of nitrogens with zero attached hydrogens (tertiary/aromatic N) is 6. The largest absolute Gasteiger partial charge is 0.457 e. The molecule has 4 heterocycles. The molecule has 0 saturated carbocycles. The van der Waals surface area contributed by atoms with Crippen LogP contribution in [0.2, 0.25) is 0 Å². The van der Waals surface area contributed by atoms with Crippen molar-refractivity contribution in [1.82, 2.24) is 29.4 Å². The molecule has 10 heteroatoms. The van der Waals surface area contributed by atoms with E-state index in [1.165, 1.54) is 11.1 Å². The van der Waals surface area contributed by atoms with E-state index < -0.39 is 0 Å². The molecule has 0 aliphatic carbocycles. The van der Waals surface area contributed by atoms with Crippen LogP contribution >= 0.6 is 0 Å². The van der Waals surface area contributed by atoms with Gasteiger partial charge >= 0.3 is 6.03 Å². The number of anilines is 2. The van der Waals surface area contributed by atoms with Gasteiger partial charge in [0.2, 0.25) is 0 Å². The average Bonchev–Trinajstić information content (AvgIpc) is 3.60. The summed E-state index contributed by atoms with van der Waals surface area (Å²) < 4.78 is 9.58. The minimum Gasteiger partial charge on any atom is -0.457 e. The second-order valence-corrected chi connectivity index (χ2v) is 10.9. The van der Waals surface area contributed by atoms with Crippen LogP contribution in [0.25, 0.3) is 16.9 Å². The van der Waals surface area contributed by atoms with Gasteiger partial charge in [0, 0.05) is 55.9 Å². The number of fused-ring (bicyclic) bond motifs is 1. The predicted octanol–water partition coefficient (Wildman–Crippen LogP) is 6.22. The summed E-state index contributed by atoms with van der Waals surface area (Å²) in [5.41, 5.74) is 6.82. The Morgan fingerprint density at radius 1 is 0.952 bits per heavy atom. The van der Waals surface area contributed by atoms with Gasteiger partial charge in [0.1, 0.15) is 17.3 Å². The second kappa shape index (κ2) is 11.5. The van der Waals surface area contributed by atoms with Crippen LogP contribution in [0.4, 0.5) is 16.3 Å². The number of benzene rings is 2. The summed E-state index contributed by atoms with van der Waals surface area (Å²) in [6, 6.07) is 18.9. The number of likely N-dealkylation sites (N-methyl/N-ethyl adjacent to an activating group) is 1. The third kappa shape index (κ3) is 6.03. The van der Waals surface area contributed by atoms with E-state index in [-0.39, 0.29) is 11.9 Å². The zero-order chi connectivity index (χ0) is 29.2. The van der Waals surface area contributed by atoms with Gasteiger partial charge in [-0.1, -0.05) is 19.9 Å². The zero-order valence-corrected chi connectivity index (χ0v) is 24.2. The molecule has 0 bridgehead atoms. The van der Waals surface area contributed by atoms with Gasteiger partial charge in [-0.2, -0.15) is 10.2 Å². The summed E-state index contributed by atoms with van der Waals surface area (Å²) in [7, 11) is 4.00. The van der Waals surface area contributed by atoms with E-state index in [0.717, 1.165) is 42.1 Å². The van der Waals surface area contributed by atoms with Gasteiger partial charge in [-0.3, -0.25) is 15.0 Å². The van der Waals surface area contributed by atoms with Gasteiger partial charge in [0.05, 0.1) is 23.3 Å². The normalized spacial score (nSPS) is 13.2. The molecule has 10 nitrogen and oxygen atoms in total. The van der Waals surface area contributed by atoms with Crippen molar-refractivity contribution in [3.63, 3.8) is 0 Å². The summed E-state index contributed by atoms with van der Waals surface area (Å²) in [6.07, 6.45) is 6.41. The van der Waals surface area contributed by atoms with Gasteiger partial charge in [-0.15, -0.1) is 0 Å². The van der Waals surface area contributed by atoms with Crippen LogP contribution in [-0.4, -0.2) is 49.1 Å². The number of ether oxygens (including phenoxy) is 1. The molecule has 42 heavy (non-hydrogen) atoms. The number of carbonyl (C=O) groups is 1. The number of nitrogens with one attached hydrogen (secondary N) is 2. The number of pyridine rings is 1. The minimum absolute atomic E-state index is 0.215. The quantitative estimate of drug-likeness (QED) is 0.244. The van der Waals surface area contributed by atoms with Crippen LogP contribution in [-0.2, 0) is 20.0 Å². The molecule has 0 saturated heterocycles. The Kier molecular flexibility index (Phi) is 7.45. The van der Waals surface area contributed by atoms with E-state index in [1.807, 2.05) is 42.2 Å². The fraction of sp³-hybridized carbons (Fsp3) is 0.250. The van der Waals surface area contributed by atoms with E-state index in [2.05, 4.69) is 64.7 Å². The first-order chi connectivity index (χ1) is 20.3. The maximum absolute atomic E-state index is 13.1. The fourth-order valence-corrected chi connectivity index (χ4v) is 4.99. The molecular weight excluding hydrogens is 528 g/mol. The average molecular weight is 563 g/mol. The Bertz CT molecular complexity index is 1720. The SMILES string of the molecule is CC(C)c1cc(NC(=O)Nc2ccc(Oc3ccnc(-c4cnn(C)c4)c3)cc2)n(-c2ccc3c(c2)CN(C)CC3)n1. The van der Waals surface area contributed by atoms with E-state index in [1.54, 1.807) is 35.3 Å². The van der Waals surface area contributed by atoms with Crippen LogP contribution in [0, 0.1) is 0 Å². The molecule has 5 aromatic rings. The molecule has 0 fully saturated rings. The molecule has 2 amide bonds. The molecule has 1 aliphatic rings. The van der Waals surface area contributed by atoms with Crippen molar-refractivity contribution in [3.05, 3.63) is 96.1 Å². The number of hydrogen-bond donors (Lipinski definition) is 2. The number of aromatic nitrogens is 5. The van der Waals surface area contributed by atoms with Gasteiger partial charge in [-0.25, -0.2) is 9.48 Å². The van der Waals surface area contributed by atoms with Crippen molar-refractivity contribution in [2.75, 3.05) is 24.2 Å². The zero-order valence-electron chi connectivity index (χ0n) is 24.2. The van der Waals surface area contributed by atoms with Crippen molar-refractivity contribution in [2.24, 2.45) is 7.05 Å². The summed E-state index contributed by atoms with van der Waals surface area (Å²) >= 11 is 0. The number of urea groups is 1. The molecule has 2 N–H and O–H groups in total. The smallest absolute Gasteiger partial charge is 0.324 e. The Balaban J connectivity index is 1.14. The van der Waals surface area contributed by atoms with Gasteiger partial charge < -0.3 is 15.0 Å². The lowest BCUT2D eigenvalue weighted by molar-refractivity contribution is 0.262. The van der Waals surface area contributed by atoms with Crippen LogP contribution in [0.1, 0.15) is 36.6 Å². The Hall–Kier alpha value is -4.96. The highest BCUT2D eigenvalue weighted by atomic mass is 16.5. The monoisotopic (exact) mass is 562 g/mol. The number of hydrogen-bond acceptors (Lipinski definition) is 6. The van der Waals surface area contributed by atoms with Crippen molar-refractivity contribution in [3.8, 4) is 28.4 Å². The van der Waals surface area contributed by atoms with Crippen LogP contribution in [0.15, 0.2) is 79.3 Å². The van der Waals surface area contributed by atoms with Crippen molar-refractivity contribution < 1.29 is 9.53 Å². The van der Waals surface area contributed by atoms with E-state index in [9.17, 15) is 4.79 Å². The van der Waals surface area contributed by atoms with Crippen molar-refractivity contribution in [1.29, 1.82) is 0 Å². The van der Waals surface area contributed by atoms with E-state index >= 15 is 0 Å². The lowest BCUT2D eigenvalue weighted by Gasteiger charge is -2.25. The summed E-state index contributed by atoms with van der Waals surface area (Å²) in [4.78, 5) is 19.8. The molecule has 214 valence electrons. The molecule has 1 aliphatic heterocycles. The second-order valence-electron chi connectivity index (χ2n) is 10.9. The van der Waals surface area contributed by atoms with E-state index in [4.69, 9.17) is 9.84 Å². The topological polar surface area (TPSA) is 102 Å². The highest BCUT2D eigenvalue weighted by Gasteiger charge is 2.18. The molecule has 0 atom stereocenters. The predicted molar refractivity (Wildman–Crippen MR) is 163 cm³/mol. The summed E-state index contributed by atoms with van der Waals surface area (Å²) in [5, 5.41) is 14.9. The van der Waals surface area contributed by atoms with Crippen LogP contribution in [0.5, 0.6) is 11.5 Å². The molecule has 0 radical (unpaired) electrons. The molecule has 0 unspecified atom stereocenters. The number of amides is 2. The van der Waals surface area contributed by atoms with E-state index in [0.29, 0.717) is 23.0 Å². The Morgan fingerprint density at radius 3 is 2.55 bits per heavy atom. The first-order valence-corrected chi connectivity index (χ1v) is 14.0. The lowest BCUT2D eigenvalue weighted by Crippen LogP contribution is -2.26. The summed E-state index contributed by atoms with van der Waals surface area (Å²) in [6.45, 7) is 6.14. The van der Waals surface area contributed by atoms with Gasteiger partial charge in [0.15, 0.2) is 0 Å². The maximum Gasteiger partial charge on any atom is 0.324 e. The Morgan fingerprint density at radius 2 is 1.79 bits per heavy atom. The fourth-order valence-electron chi connectivity index (χ4n) is 4.99. The van der Waals surface area contributed by atoms with Crippen molar-refractivity contribution in [2.45, 2.75) is 32.7 Å². The van der Waals surface area contributed by atoms with Crippen LogP contribution in [0.3, 0.4) is 0 Å². The first-order valence-electron chi connectivity index (χ1n) is 14.0. The Labute approximate surface area is 245 Å². The molecular formula is C32H34N8O2. The van der Waals surface area contributed by atoms with Gasteiger partial charge in [-0.05, 0) is 73.0 Å². The third-order valence-electron chi connectivity index (χ3n) is 7.28. The molecule has 0 spiro atoms.